The van der Waals surface area contributed by atoms with Crippen molar-refractivity contribution in [3.63, 3.8) is 0 Å². The summed E-state index contributed by atoms with van der Waals surface area (Å²) in [5.41, 5.74) is 0.747. The Morgan fingerprint density at radius 1 is 1.56 bits per heavy atom. The number of hydrogen-bond donors (Lipinski definition) is 1. The van der Waals surface area contributed by atoms with Gasteiger partial charge >= 0.3 is 0 Å². The van der Waals surface area contributed by atoms with Crippen LogP contribution in [0.4, 0.5) is 11.4 Å². The SMILES string of the molecule is CNCCN(C)c1ccc(Br)cc1[N+](=O)[O-]. The highest BCUT2D eigenvalue weighted by molar-refractivity contribution is 9.10. The number of rotatable bonds is 5. The first-order valence-corrected chi connectivity index (χ1v) is 5.65. The van der Waals surface area contributed by atoms with Crippen molar-refractivity contribution in [2.75, 3.05) is 32.1 Å². The van der Waals surface area contributed by atoms with Gasteiger partial charge in [-0.15, -0.1) is 0 Å². The van der Waals surface area contributed by atoms with E-state index >= 15 is 0 Å². The standard InChI is InChI=1S/C10H14BrN3O2/c1-12-5-6-13(2)9-4-3-8(11)7-10(9)14(15)16/h3-4,7,12H,5-6H2,1-2H3. The first kappa shape index (κ1) is 12.9. The smallest absolute Gasteiger partial charge is 0.293 e. The van der Waals surface area contributed by atoms with Crippen molar-refractivity contribution in [1.29, 1.82) is 0 Å². The van der Waals surface area contributed by atoms with E-state index in [1.54, 1.807) is 12.1 Å². The summed E-state index contributed by atoms with van der Waals surface area (Å²) >= 11 is 3.23. The molecule has 0 radical (unpaired) electrons. The monoisotopic (exact) mass is 287 g/mol. The number of nitrogens with one attached hydrogen (secondary N) is 1. The third-order valence-electron chi connectivity index (χ3n) is 2.24. The van der Waals surface area contributed by atoms with Crippen LogP contribution >= 0.6 is 15.9 Å². The Morgan fingerprint density at radius 3 is 2.81 bits per heavy atom. The molecule has 0 bridgehead atoms. The largest absolute Gasteiger partial charge is 0.368 e. The predicted molar refractivity (Wildman–Crippen MR) is 68.0 cm³/mol. The maximum Gasteiger partial charge on any atom is 0.293 e. The molecule has 0 unspecified atom stereocenters. The van der Waals surface area contributed by atoms with E-state index in [9.17, 15) is 10.1 Å². The van der Waals surface area contributed by atoms with Crippen LogP contribution in [0.15, 0.2) is 22.7 Å². The molecule has 0 atom stereocenters. The highest BCUT2D eigenvalue weighted by atomic mass is 79.9. The van der Waals surface area contributed by atoms with Crippen LogP contribution < -0.4 is 10.2 Å². The minimum Gasteiger partial charge on any atom is -0.368 e. The van der Waals surface area contributed by atoms with Crippen molar-refractivity contribution in [1.82, 2.24) is 5.32 Å². The topological polar surface area (TPSA) is 58.4 Å². The quantitative estimate of drug-likeness (QED) is 0.665. The Balaban J connectivity index is 2.98. The summed E-state index contributed by atoms with van der Waals surface area (Å²) in [6.45, 7) is 1.50. The van der Waals surface area contributed by atoms with E-state index in [1.807, 2.05) is 19.0 Å². The zero-order valence-corrected chi connectivity index (χ0v) is 10.8. The number of nitrogens with zero attached hydrogens (tertiary/aromatic N) is 2. The fraction of sp³-hybridized carbons (Fsp3) is 0.400. The molecule has 1 aromatic carbocycles. The van der Waals surface area contributed by atoms with Gasteiger partial charge in [0.15, 0.2) is 0 Å². The van der Waals surface area contributed by atoms with Gasteiger partial charge in [0.1, 0.15) is 5.69 Å². The highest BCUT2D eigenvalue weighted by Gasteiger charge is 2.16. The van der Waals surface area contributed by atoms with Crippen LogP contribution in [-0.4, -0.2) is 32.1 Å². The third-order valence-corrected chi connectivity index (χ3v) is 2.74. The van der Waals surface area contributed by atoms with Gasteiger partial charge in [-0.25, -0.2) is 0 Å². The van der Waals surface area contributed by atoms with Crippen LogP contribution in [0.3, 0.4) is 0 Å². The predicted octanol–water partition coefficient (Wildman–Crippen LogP) is 2.01. The first-order valence-electron chi connectivity index (χ1n) is 4.86. The van der Waals surface area contributed by atoms with E-state index in [4.69, 9.17) is 0 Å². The molecule has 88 valence electrons. The second-order valence-electron chi connectivity index (χ2n) is 3.42. The lowest BCUT2D eigenvalue weighted by atomic mass is 10.2. The molecule has 0 saturated heterocycles. The van der Waals surface area contributed by atoms with E-state index in [2.05, 4.69) is 21.2 Å². The van der Waals surface area contributed by atoms with Gasteiger partial charge in [-0.3, -0.25) is 10.1 Å². The maximum absolute atomic E-state index is 10.9. The van der Waals surface area contributed by atoms with Crippen LogP contribution in [0.25, 0.3) is 0 Å². The summed E-state index contributed by atoms with van der Waals surface area (Å²) in [5, 5.41) is 13.9. The second-order valence-corrected chi connectivity index (χ2v) is 4.33. The fourth-order valence-corrected chi connectivity index (χ4v) is 1.71. The number of nitro groups is 1. The number of halogens is 1. The lowest BCUT2D eigenvalue weighted by Crippen LogP contribution is -2.27. The van der Waals surface area contributed by atoms with Crippen molar-refractivity contribution in [3.05, 3.63) is 32.8 Å². The van der Waals surface area contributed by atoms with Gasteiger partial charge in [0.25, 0.3) is 5.69 Å². The molecule has 0 spiro atoms. The molecule has 0 aliphatic heterocycles. The first-order chi connectivity index (χ1) is 7.56. The Labute approximate surface area is 103 Å². The number of hydrogen-bond acceptors (Lipinski definition) is 4. The van der Waals surface area contributed by atoms with Gasteiger partial charge < -0.3 is 10.2 Å². The number of nitro benzene ring substituents is 1. The Kier molecular flexibility index (Phi) is 4.70. The lowest BCUT2D eigenvalue weighted by Gasteiger charge is -2.18. The molecule has 0 aliphatic rings. The number of benzene rings is 1. The lowest BCUT2D eigenvalue weighted by molar-refractivity contribution is -0.384. The molecule has 16 heavy (non-hydrogen) atoms. The average Bonchev–Trinajstić information content (AvgIpc) is 2.25. The molecular weight excluding hydrogens is 274 g/mol. The Bertz CT molecular complexity index is 384. The summed E-state index contributed by atoms with van der Waals surface area (Å²) < 4.78 is 0.713. The normalized spacial score (nSPS) is 10.2. The Morgan fingerprint density at radius 2 is 2.25 bits per heavy atom. The van der Waals surface area contributed by atoms with E-state index < -0.39 is 0 Å². The van der Waals surface area contributed by atoms with Gasteiger partial charge in [0, 0.05) is 30.7 Å². The molecule has 0 aromatic heterocycles. The second kappa shape index (κ2) is 5.81. The Hall–Kier alpha value is -1.14. The van der Waals surface area contributed by atoms with Crippen molar-refractivity contribution in [2.24, 2.45) is 0 Å². The number of likely N-dealkylation sites (N-methyl/N-ethyl adjacent to an activating group) is 2. The fourth-order valence-electron chi connectivity index (χ4n) is 1.37. The zero-order chi connectivity index (χ0) is 12.1. The minimum atomic E-state index is -0.365. The van der Waals surface area contributed by atoms with E-state index in [1.165, 1.54) is 6.07 Å². The van der Waals surface area contributed by atoms with Gasteiger partial charge in [-0.1, -0.05) is 15.9 Å². The molecule has 6 heteroatoms. The van der Waals surface area contributed by atoms with Crippen LogP contribution in [0.5, 0.6) is 0 Å². The summed E-state index contributed by atoms with van der Waals surface area (Å²) in [7, 11) is 3.69. The average molecular weight is 288 g/mol. The van der Waals surface area contributed by atoms with Gasteiger partial charge in [-0.05, 0) is 19.2 Å². The summed E-state index contributed by atoms with van der Waals surface area (Å²) in [6, 6.07) is 5.07. The maximum atomic E-state index is 10.9. The highest BCUT2D eigenvalue weighted by Crippen LogP contribution is 2.30. The van der Waals surface area contributed by atoms with E-state index in [-0.39, 0.29) is 10.6 Å². The minimum absolute atomic E-state index is 0.118. The van der Waals surface area contributed by atoms with Crippen LogP contribution in [0.2, 0.25) is 0 Å². The van der Waals surface area contributed by atoms with Crippen molar-refractivity contribution in [2.45, 2.75) is 0 Å². The molecule has 0 amide bonds. The van der Waals surface area contributed by atoms with Gasteiger partial charge in [0.05, 0.1) is 4.92 Å². The molecular formula is C10H14BrN3O2. The molecule has 1 aromatic rings. The molecule has 0 heterocycles. The van der Waals surface area contributed by atoms with E-state index in [0.29, 0.717) is 10.2 Å². The zero-order valence-electron chi connectivity index (χ0n) is 9.24. The molecule has 0 fully saturated rings. The summed E-state index contributed by atoms with van der Waals surface area (Å²) in [4.78, 5) is 12.4. The molecule has 5 nitrogen and oxygen atoms in total. The van der Waals surface area contributed by atoms with Crippen LogP contribution in [0.1, 0.15) is 0 Å². The van der Waals surface area contributed by atoms with Crippen molar-refractivity contribution < 1.29 is 4.92 Å². The molecule has 0 aliphatic carbocycles. The van der Waals surface area contributed by atoms with Gasteiger partial charge in [0.2, 0.25) is 0 Å². The van der Waals surface area contributed by atoms with Gasteiger partial charge in [-0.2, -0.15) is 0 Å². The summed E-state index contributed by atoms with van der Waals surface area (Å²) in [5.74, 6) is 0. The van der Waals surface area contributed by atoms with Crippen molar-refractivity contribution >= 4 is 27.3 Å². The molecule has 1 rings (SSSR count). The van der Waals surface area contributed by atoms with E-state index in [0.717, 1.165) is 13.1 Å². The van der Waals surface area contributed by atoms with Crippen LogP contribution in [0, 0.1) is 10.1 Å². The summed E-state index contributed by atoms with van der Waals surface area (Å²) in [6.07, 6.45) is 0. The number of anilines is 1. The molecule has 1 N–H and O–H groups in total. The van der Waals surface area contributed by atoms with Crippen molar-refractivity contribution in [3.8, 4) is 0 Å². The third kappa shape index (κ3) is 3.18. The van der Waals surface area contributed by atoms with Crippen LogP contribution in [-0.2, 0) is 0 Å². The molecule has 0 saturated carbocycles.